The summed E-state index contributed by atoms with van der Waals surface area (Å²) in [5, 5.41) is 2.45. The molecule has 5 aromatic rings. The van der Waals surface area contributed by atoms with E-state index >= 15 is 0 Å². The minimum absolute atomic E-state index is 0.0756. The number of barbiturate groups is 1. The lowest BCUT2D eigenvalue weighted by Gasteiger charge is -2.44. The molecule has 0 unspecified atom stereocenters. The number of anilines is 2. The molecule has 53 heavy (non-hydrogen) atoms. The molecule has 1 N–H and O–H groups in total. The van der Waals surface area contributed by atoms with Crippen molar-refractivity contribution in [1.29, 1.82) is 0 Å². The fourth-order valence-corrected chi connectivity index (χ4v) is 7.96. The molecule has 1 saturated heterocycles. The lowest BCUT2D eigenvalue weighted by molar-refractivity contribution is -0.122. The highest BCUT2D eigenvalue weighted by Gasteiger charge is 2.40. The Balaban J connectivity index is 1.21. The van der Waals surface area contributed by atoms with Crippen LogP contribution in [0.15, 0.2) is 115 Å². The Bertz CT molecular complexity index is 2190. The van der Waals surface area contributed by atoms with E-state index in [9.17, 15) is 14.4 Å². The number of carbonyl (C=O) groups is 3. The van der Waals surface area contributed by atoms with Gasteiger partial charge in [-0.2, -0.15) is 0 Å². The van der Waals surface area contributed by atoms with Crippen LogP contribution in [-0.4, -0.2) is 38.0 Å². The topological polar surface area (TPSA) is 88.2 Å². The van der Waals surface area contributed by atoms with Crippen LogP contribution in [0.5, 0.6) is 11.5 Å². The first kappa shape index (κ1) is 34.0. The van der Waals surface area contributed by atoms with Crippen molar-refractivity contribution >= 4 is 35.3 Å². The van der Waals surface area contributed by atoms with Gasteiger partial charge in [0.25, 0.3) is 11.8 Å². The number of imide groups is 2. The molecule has 266 valence electrons. The summed E-state index contributed by atoms with van der Waals surface area (Å²) in [6.07, 6.45) is 3.31. The van der Waals surface area contributed by atoms with E-state index in [1.54, 1.807) is 25.3 Å². The van der Waals surface area contributed by atoms with Gasteiger partial charge < -0.3 is 14.4 Å². The number of nitrogens with zero attached hydrogens (tertiary/aromatic N) is 2. The first-order valence-corrected chi connectivity index (χ1v) is 18.1. The lowest BCUT2D eigenvalue weighted by atomic mass is 9.76. The van der Waals surface area contributed by atoms with Gasteiger partial charge in [0.15, 0.2) is 0 Å². The Kier molecular flexibility index (Phi) is 9.04. The number of carbonyl (C=O) groups excluding carboxylic acids is 3. The van der Waals surface area contributed by atoms with Gasteiger partial charge in [-0.1, -0.05) is 78.9 Å². The maximum atomic E-state index is 14.5. The van der Waals surface area contributed by atoms with Gasteiger partial charge in [0, 0.05) is 42.2 Å². The van der Waals surface area contributed by atoms with Crippen molar-refractivity contribution in [2.75, 3.05) is 30.0 Å². The van der Waals surface area contributed by atoms with Gasteiger partial charge >= 0.3 is 6.03 Å². The maximum absolute atomic E-state index is 14.5. The summed E-state index contributed by atoms with van der Waals surface area (Å²) in [5.74, 6) is -0.302. The molecule has 3 heterocycles. The van der Waals surface area contributed by atoms with Gasteiger partial charge in [-0.25, -0.2) is 9.69 Å². The average Bonchev–Trinajstić information content (AvgIpc) is 3.18. The molecule has 8 nitrogen and oxygen atoms in total. The first-order chi connectivity index (χ1) is 25.8. The fourth-order valence-electron chi connectivity index (χ4n) is 7.96. The standard InChI is InChI=1S/C45H41N3O5/c1-28-14-15-30(22-29(28)2)27-53-41-26-35(52-3)17-16-33(41)23-40-43(49)46-45(51)48(44(40)50)34-24-38-36(31-10-6-4-7-11-31)18-20-47-21-19-37(39(25-34)42(38)47)32-12-8-5-9-13-32/h4-17,22-26,36-37H,18-21,27H2,1-3H3,(H,46,49,51)/b40-23+/t36-,37-/m1/s1. The number of hydrogen-bond donors (Lipinski definition) is 1. The van der Waals surface area contributed by atoms with E-state index in [2.05, 4.69) is 60.5 Å². The number of rotatable bonds is 8. The van der Waals surface area contributed by atoms with Crippen LogP contribution in [-0.2, 0) is 16.2 Å². The van der Waals surface area contributed by atoms with Gasteiger partial charge in [0.1, 0.15) is 23.7 Å². The van der Waals surface area contributed by atoms with E-state index in [1.165, 1.54) is 28.5 Å². The number of ether oxygens (including phenoxy) is 2. The van der Waals surface area contributed by atoms with E-state index < -0.39 is 17.8 Å². The molecule has 1 fully saturated rings. The normalized spacial score (nSPS) is 18.8. The predicted octanol–water partition coefficient (Wildman–Crippen LogP) is 8.44. The van der Waals surface area contributed by atoms with Gasteiger partial charge in [0.2, 0.25) is 0 Å². The van der Waals surface area contributed by atoms with Crippen LogP contribution in [0.4, 0.5) is 16.2 Å². The van der Waals surface area contributed by atoms with E-state index in [0.29, 0.717) is 22.7 Å². The van der Waals surface area contributed by atoms with Crippen molar-refractivity contribution in [2.45, 2.75) is 45.1 Å². The quantitative estimate of drug-likeness (QED) is 0.129. The zero-order chi connectivity index (χ0) is 36.6. The van der Waals surface area contributed by atoms with Gasteiger partial charge in [-0.15, -0.1) is 0 Å². The van der Waals surface area contributed by atoms with Crippen LogP contribution in [0.1, 0.15) is 69.2 Å². The second kappa shape index (κ2) is 14.1. The molecule has 5 aromatic carbocycles. The summed E-state index contributed by atoms with van der Waals surface area (Å²) in [7, 11) is 1.57. The summed E-state index contributed by atoms with van der Waals surface area (Å²) < 4.78 is 11.7. The molecule has 3 aliphatic heterocycles. The van der Waals surface area contributed by atoms with Crippen LogP contribution in [0.25, 0.3) is 6.08 Å². The van der Waals surface area contributed by atoms with Gasteiger partial charge in [0.05, 0.1) is 12.8 Å². The van der Waals surface area contributed by atoms with Crippen LogP contribution in [0.3, 0.4) is 0 Å². The molecular weight excluding hydrogens is 663 g/mol. The van der Waals surface area contributed by atoms with Crippen molar-refractivity contribution in [3.05, 3.63) is 159 Å². The molecule has 0 bridgehead atoms. The summed E-state index contributed by atoms with van der Waals surface area (Å²) in [6, 6.07) is 35.3. The molecule has 0 saturated carbocycles. The van der Waals surface area contributed by atoms with Gasteiger partial charge in [-0.3, -0.25) is 14.9 Å². The molecule has 2 atom stereocenters. The second-order valence-electron chi connectivity index (χ2n) is 14.0. The third-order valence-corrected chi connectivity index (χ3v) is 10.8. The largest absolute Gasteiger partial charge is 0.497 e. The Morgan fingerprint density at radius 2 is 1.40 bits per heavy atom. The van der Waals surface area contributed by atoms with Crippen molar-refractivity contribution in [3.8, 4) is 11.5 Å². The number of amides is 4. The van der Waals surface area contributed by atoms with Crippen LogP contribution in [0.2, 0.25) is 0 Å². The monoisotopic (exact) mass is 703 g/mol. The summed E-state index contributed by atoms with van der Waals surface area (Å²) in [6.45, 7) is 6.22. The third-order valence-electron chi connectivity index (χ3n) is 10.8. The maximum Gasteiger partial charge on any atom is 0.335 e. The van der Waals surface area contributed by atoms with E-state index in [0.717, 1.165) is 53.1 Å². The van der Waals surface area contributed by atoms with Gasteiger partial charge in [-0.05, 0) is 96.0 Å². The molecule has 0 radical (unpaired) electrons. The van der Waals surface area contributed by atoms with Crippen molar-refractivity contribution < 1.29 is 23.9 Å². The zero-order valence-corrected chi connectivity index (χ0v) is 30.1. The summed E-state index contributed by atoms with van der Waals surface area (Å²) in [4.78, 5) is 45.2. The van der Waals surface area contributed by atoms with Crippen LogP contribution < -0.4 is 24.6 Å². The molecule has 4 amide bonds. The summed E-state index contributed by atoms with van der Waals surface area (Å²) >= 11 is 0. The molecular formula is C45H41N3O5. The van der Waals surface area contributed by atoms with Crippen molar-refractivity contribution in [3.63, 3.8) is 0 Å². The number of urea groups is 1. The second-order valence-corrected chi connectivity index (χ2v) is 14.0. The highest BCUT2D eigenvalue weighted by molar-refractivity contribution is 6.39. The molecule has 8 rings (SSSR count). The van der Waals surface area contributed by atoms with Crippen molar-refractivity contribution in [1.82, 2.24) is 5.32 Å². The number of nitrogens with one attached hydrogen (secondary N) is 1. The van der Waals surface area contributed by atoms with E-state index in [4.69, 9.17) is 9.47 Å². The molecule has 0 aromatic heterocycles. The highest BCUT2D eigenvalue weighted by atomic mass is 16.5. The third kappa shape index (κ3) is 6.46. The molecule has 0 aliphatic carbocycles. The zero-order valence-electron chi connectivity index (χ0n) is 30.1. The number of benzene rings is 5. The molecule has 8 heteroatoms. The molecule has 3 aliphatic rings. The van der Waals surface area contributed by atoms with E-state index in [1.807, 2.05) is 54.6 Å². The Morgan fingerprint density at radius 3 is 2.00 bits per heavy atom. The first-order valence-electron chi connectivity index (χ1n) is 18.1. The predicted molar refractivity (Wildman–Crippen MR) is 207 cm³/mol. The minimum Gasteiger partial charge on any atom is -0.497 e. The number of methoxy groups -OCH3 is 1. The Hall–Kier alpha value is -6.15. The van der Waals surface area contributed by atoms with Crippen LogP contribution >= 0.6 is 0 Å². The van der Waals surface area contributed by atoms with E-state index in [-0.39, 0.29) is 24.0 Å². The average molecular weight is 704 g/mol. The SMILES string of the molecule is COc1ccc(/C=C2\C(=O)NC(=O)N(c3cc4c5c(c3)[C@@H](c3ccccc3)CCN5CC[C@@H]4c3ccccc3)C2=O)c(OCc2ccc(C)c(C)c2)c1. The summed E-state index contributed by atoms with van der Waals surface area (Å²) in [5.41, 5.74) is 9.81. The highest BCUT2D eigenvalue weighted by Crippen LogP contribution is 2.50. The van der Waals surface area contributed by atoms with Crippen molar-refractivity contribution in [2.24, 2.45) is 0 Å². The Labute approximate surface area is 309 Å². The van der Waals surface area contributed by atoms with Crippen LogP contribution in [0, 0.1) is 13.8 Å². The lowest BCUT2D eigenvalue weighted by Crippen LogP contribution is -2.54. The smallest absolute Gasteiger partial charge is 0.335 e. The fraction of sp³-hybridized carbons (Fsp3) is 0.222. The molecule has 0 spiro atoms. The number of aryl methyl sites for hydroxylation is 2. The Morgan fingerprint density at radius 1 is 0.755 bits per heavy atom. The minimum atomic E-state index is -0.777. The number of hydrogen-bond acceptors (Lipinski definition) is 6.